The second-order valence-electron chi connectivity index (χ2n) is 7.91. The van der Waals surface area contributed by atoms with Crippen molar-refractivity contribution in [2.75, 3.05) is 31.1 Å². The molecule has 1 saturated carbocycles. The molecule has 1 aliphatic carbocycles. The fourth-order valence-electron chi connectivity index (χ4n) is 4.58. The number of likely N-dealkylation sites (tertiary alicyclic amines) is 1. The highest BCUT2D eigenvalue weighted by Gasteiger charge is 2.40. The Hall–Kier alpha value is -1.95. The summed E-state index contributed by atoms with van der Waals surface area (Å²) in [6, 6.07) is 2.24. The van der Waals surface area contributed by atoms with Crippen molar-refractivity contribution in [3.63, 3.8) is 0 Å². The van der Waals surface area contributed by atoms with E-state index in [4.69, 9.17) is 4.42 Å². The third kappa shape index (κ3) is 2.92. The van der Waals surface area contributed by atoms with Gasteiger partial charge in [-0.1, -0.05) is 6.42 Å². The Morgan fingerprint density at radius 2 is 1.92 bits per heavy atom. The number of oxazole rings is 1. The molecule has 3 fully saturated rings. The number of rotatable bonds is 4. The molecule has 2 aliphatic heterocycles. The van der Waals surface area contributed by atoms with Gasteiger partial charge in [0, 0.05) is 57.3 Å². The number of aryl methyl sites for hydroxylation is 1. The van der Waals surface area contributed by atoms with Crippen molar-refractivity contribution in [2.45, 2.75) is 38.6 Å². The normalized spacial score (nSPS) is 26.8. The van der Waals surface area contributed by atoms with Gasteiger partial charge in [0.1, 0.15) is 18.4 Å². The highest BCUT2D eigenvalue weighted by Crippen LogP contribution is 2.38. The van der Waals surface area contributed by atoms with E-state index >= 15 is 0 Å². The van der Waals surface area contributed by atoms with Crippen LogP contribution in [0.1, 0.15) is 42.5 Å². The van der Waals surface area contributed by atoms with Crippen molar-refractivity contribution < 1.29 is 4.42 Å². The monoisotopic (exact) mass is 339 g/mol. The molecule has 2 atom stereocenters. The van der Waals surface area contributed by atoms with Crippen LogP contribution in [0.2, 0.25) is 0 Å². The van der Waals surface area contributed by atoms with Crippen molar-refractivity contribution >= 4 is 5.82 Å². The van der Waals surface area contributed by atoms with E-state index in [0.717, 1.165) is 62.0 Å². The maximum Gasteiger partial charge on any atom is 0.191 e. The molecule has 2 aromatic rings. The van der Waals surface area contributed by atoms with Crippen LogP contribution in [0, 0.1) is 18.8 Å². The Balaban J connectivity index is 1.22. The average molecular weight is 339 g/mol. The summed E-state index contributed by atoms with van der Waals surface area (Å²) in [5.41, 5.74) is 2.30. The number of fused-ring (bicyclic) bond motifs is 1. The van der Waals surface area contributed by atoms with Crippen molar-refractivity contribution in [1.82, 2.24) is 19.9 Å². The number of anilines is 1. The van der Waals surface area contributed by atoms with E-state index < -0.39 is 0 Å². The van der Waals surface area contributed by atoms with E-state index in [0.29, 0.717) is 5.92 Å². The minimum atomic E-state index is 0.672. The zero-order chi connectivity index (χ0) is 16.8. The lowest BCUT2D eigenvalue weighted by Gasteiger charge is -2.26. The second kappa shape index (κ2) is 6.09. The topological polar surface area (TPSA) is 58.3 Å². The molecule has 5 rings (SSSR count). The minimum absolute atomic E-state index is 0.672. The smallest absolute Gasteiger partial charge is 0.191 e. The Bertz CT molecular complexity index is 742. The first-order valence-electron chi connectivity index (χ1n) is 9.45. The molecule has 4 heterocycles. The van der Waals surface area contributed by atoms with E-state index in [1.54, 1.807) is 12.6 Å². The Labute approximate surface area is 148 Å². The third-order valence-corrected chi connectivity index (χ3v) is 6.14. The fraction of sp³-hybridized carbons (Fsp3) is 0.632. The lowest BCUT2D eigenvalue weighted by molar-refractivity contribution is 0.304. The van der Waals surface area contributed by atoms with Gasteiger partial charge in [0.25, 0.3) is 0 Å². The Morgan fingerprint density at radius 3 is 2.56 bits per heavy atom. The first-order chi connectivity index (χ1) is 12.2. The maximum absolute atomic E-state index is 5.33. The molecule has 132 valence electrons. The van der Waals surface area contributed by atoms with E-state index in [1.165, 1.54) is 25.0 Å². The van der Waals surface area contributed by atoms with Gasteiger partial charge in [-0.05, 0) is 24.7 Å². The van der Waals surface area contributed by atoms with Crippen LogP contribution in [-0.4, -0.2) is 46.0 Å². The predicted octanol–water partition coefficient (Wildman–Crippen LogP) is 2.61. The molecule has 2 aromatic heterocycles. The van der Waals surface area contributed by atoms with Gasteiger partial charge in [-0.25, -0.2) is 15.0 Å². The molecule has 0 spiro atoms. The van der Waals surface area contributed by atoms with Gasteiger partial charge in [-0.15, -0.1) is 0 Å². The molecule has 25 heavy (non-hydrogen) atoms. The molecule has 0 radical (unpaired) electrons. The van der Waals surface area contributed by atoms with Crippen LogP contribution in [0.3, 0.4) is 0 Å². The van der Waals surface area contributed by atoms with Gasteiger partial charge >= 0.3 is 0 Å². The summed E-state index contributed by atoms with van der Waals surface area (Å²) >= 11 is 0. The van der Waals surface area contributed by atoms with Crippen LogP contribution in [0.4, 0.5) is 5.82 Å². The van der Waals surface area contributed by atoms with Crippen molar-refractivity contribution in [2.24, 2.45) is 11.8 Å². The van der Waals surface area contributed by atoms with Gasteiger partial charge in [0.15, 0.2) is 5.89 Å². The van der Waals surface area contributed by atoms with Gasteiger partial charge in [-0.3, -0.25) is 4.90 Å². The number of nitrogens with zero attached hydrogens (tertiary/aromatic N) is 5. The quantitative estimate of drug-likeness (QED) is 0.853. The van der Waals surface area contributed by atoms with Gasteiger partial charge < -0.3 is 9.32 Å². The predicted molar refractivity (Wildman–Crippen MR) is 94.3 cm³/mol. The number of hydrogen-bond acceptors (Lipinski definition) is 6. The molecular formula is C19H25N5O. The van der Waals surface area contributed by atoms with E-state index in [2.05, 4.69) is 30.8 Å². The average Bonchev–Trinajstić information content (AvgIpc) is 3.21. The van der Waals surface area contributed by atoms with Crippen LogP contribution in [0.25, 0.3) is 0 Å². The lowest BCUT2D eigenvalue weighted by Crippen LogP contribution is -2.29. The molecule has 0 aromatic carbocycles. The SMILES string of the molecule is Cc1nc(CN2CC3CN(c4cc(C5CCC5)ncn4)CC3C2)co1. The van der Waals surface area contributed by atoms with Gasteiger partial charge in [-0.2, -0.15) is 0 Å². The van der Waals surface area contributed by atoms with E-state index in [1.807, 2.05) is 6.92 Å². The lowest BCUT2D eigenvalue weighted by atomic mass is 9.83. The van der Waals surface area contributed by atoms with Gasteiger partial charge in [0.2, 0.25) is 0 Å². The molecule has 0 amide bonds. The molecule has 0 N–H and O–H groups in total. The summed E-state index contributed by atoms with van der Waals surface area (Å²) in [6.45, 7) is 7.32. The molecular weight excluding hydrogens is 314 g/mol. The molecule has 2 saturated heterocycles. The highest BCUT2D eigenvalue weighted by molar-refractivity contribution is 5.42. The Morgan fingerprint density at radius 1 is 1.12 bits per heavy atom. The largest absolute Gasteiger partial charge is 0.449 e. The minimum Gasteiger partial charge on any atom is -0.449 e. The zero-order valence-corrected chi connectivity index (χ0v) is 14.8. The van der Waals surface area contributed by atoms with Gasteiger partial charge in [0.05, 0.1) is 5.69 Å². The Kier molecular flexibility index (Phi) is 3.73. The molecule has 6 heteroatoms. The van der Waals surface area contributed by atoms with Crippen molar-refractivity contribution in [3.05, 3.63) is 35.9 Å². The number of aromatic nitrogens is 3. The summed E-state index contributed by atoms with van der Waals surface area (Å²) in [7, 11) is 0. The first kappa shape index (κ1) is 15.3. The van der Waals surface area contributed by atoms with Crippen LogP contribution in [0.15, 0.2) is 23.1 Å². The summed E-state index contributed by atoms with van der Waals surface area (Å²) in [5.74, 6) is 4.02. The van der Waals surface area contributed by atoms with Crippen molar-refractivity contribution in [1.29, 1.82) is 0 Å². The zero-order valence-electron chi connectivity index (χ0n) is 14.8. The molecule has 2 unspecified atom stereocenters. The summed E-state index contributed by atoms with van der Waals surface area (Å²) < 4.78 is 5.33. The highest BCUT2D eigenvalue weighted by atomic mass is 16.3. The van der Waals surface area contributed by atoms with Crippen molar-refractivity contribution in [3.8, 4) is 0 Å². The van der Waals surface area contributed by atoms with E-state index in [-0.39, 0.29) is 0 Å². The maximum atomic E-state index is 5.33. The summed E-state index contributed by atoms with van der Waals surface area (Å²) in [5, 5.41) is 0. The molecule has 3 aliphatic rings. The van der Waals surface area contributed by atoms with Crippen LogP contribution >= 0.6 is 0 Å². The fourth-order valence-corrected chi connectivity index (χ4v) is 4.58. The number of hydrogen-bond donors (Lipinski definition) is 0. The van der Waals surface area contributed by atoms with E-state index in [9.17, 15) is 0 Å². The summed E-state index contributed by atoms with van der Waals surface area (Å²) in [4.78, 5) is 18.5. The summed E-state index contributed by atoms with van der Waals surface area (Å²) in [6.07, 6.45) is 7.48. The first-order valence-corrected chi connectivity index (χ1v) is 9.45. The molecule has 0 bridgehead atoms. The van der Waals surface area contributed by atoms with Crippen LogP contribution < -0.4 is 4.90 Å². The van der Waals surface area contributed by atoms with Crippen LogP contribution in [0.5, 0.6) is 0 Å². The molecule has 6 nitrogen and oxygen atoms in total. The third-order valence-electron chi connectivity index (χ3n) is 6.14. The van der Waals surface area contributed by atoms with Crippen LogP contribution in [-0.2, 0) is 6.54 Å². The standard InChI is InChI=1S/C19H25N5O/c1-13-22-17(11-25-13)10-23-6-15-8-24(9-16(15)7-23)19-5-18(20-12-21-19)14-3-2-4-14/h5,11-12,14-16H,2-4,6-10H2,1H3. The second-order valence-corrected chi connectivity index (χ2v) is 7.91.